The fourth-order valence-corrected chi connectivity index (χ4v) is 3.72. The fraction of sp³-hybridized carbons (Fsp3) is 0.0588. The maximum atomic E-state index is 12.2. The second-order valence-electron chi connectivity index (χ2n) is 5.31. The van der Waals surface area contributed by atoms with Crippen LogP contribution >= 0.6 is 11.3 Å². The van der Waals surface area contributed by atoms with E-state index < -0.39 is 21.8 Å². The summed E-state index contributed by atoms with van der Waals surface area (Å²) < 4.78 is 32.0. The Balaban J connectivity index is 1.58. The molecular formula is C17H15N3O5S2. The minimum atomic E-state index is -3.74. The summed E-state index contributed by atoms with van der Waals surface area (Å²) in [6.45, 7) is 0.0202. The number of amides is 2. The van der Waals surface area contributed by atoms with Crippen LogP contribution in [0.25, 0.3) is 0 Å². The third kappa shape index (κ3) is 4.82. The van der Waals surface area contributed by atoms with Crippen molar-refractivity contribution in [3.8, 4) is 0 Å². The third-order valence-corrected chi connectivity index (χ3v) is 5.76. The molecule has 0 atom stereocenters. The first-order chi connectivity index (χ1) is 13.0. The lowest BCUT2D eigenvalue weighted by Gasteiger charge is -2.08. The summed E-state index contributed by atoms with van der Waals surface area (Å²) in [7, 11) is -3.74. The summed E-state index contributed by atoms with van der Waals surface area (Å²) in [4.78, 5) is 24.3. The van der Waals surface area contributed by atoms with Gasteiger partial charge >= 0.3 is 0 Å². The lowest BCUT2D eigenvalue weighted by atomic mass is 10.2. The normalized spacial score (nSPS) is 11.1. The minimum Gasteiger partial charge on any atom is -0.468 e. The zero-order chi connectivity index (χ0) is 19.3. The van der Waals surface area contributed by atoms with Crippen molar-refractivity contribution < 1.29 is 22.4 Å². The van der Waals surface area contributed by atoms with Gasteiger partial charge in [-0.05, 0) is 47.8 Å². The predicted octanol–water partition coefficient (Wildman–Crippen LogP) is 1.89. The number of carbonyl (C=O) groups excluding carboxylic acids is 2. The molecule has 0 aliphatic heterocycles. The van der Waals surface area contributed by atoms with E-state index in [1.54, 1.807) is 29.6 Å². The lowest BCUT2D eigenvalue weighted by Crippen LogP contribution is -2.41. The van der Waals surface area contributed by atoms with Crippen LogP contribution in [-0.2, 0) is 16.6 Å². The van der Waals surface area contributed by atoms with Gasteiger partial charge in [0.2, 0.25) is 10.0 Å². The van der Waals surface area contributed by atoms with Crippen LogP contribution < -0.4 is 15.6 Å². The Hall–Kier alpha value is -2.95. The zero-order valence-electron chi connectivity index (χ0n) is 13.8. The summed E-state index contributed by atoms with van der Waals surface area (Å²) in [5.41, 5.74) is 4.78. The average Bonchev–Trinajstić information content (AvgIpc) is 3.38. The quantitative estimate of drug-likeness (QED) is 0.542. The Bertz CT molecular complexity index is 1010. The van der Waals surface area contributed by atoms with E-state index >= 15 is 0 Å². The number of nitrogens with one attached hydrogen (secondary N) is 3. The third-order valence-electron chi connectivity index (χ3n) is 3.48. The number of hydrogen-bond acceptors (Lipinski definition) is 6. The van der Waals surface area contributed by atoms with Gasteiger partial charge in [0.1, 0.15) is 5.76 Å². The molecule has 0 aliphatic rings. The van der Waals surface area contributed by atoms with Gasteiger partial charge in [-0.25, -0.2) is 13.1 Å². The van der Waals surface area contributed by atoms with E-state index in [0.29, 0.717) is 10.6 Å². The average molecular weight is 405 g/mol. The molecule has 0 bridgehead atoms. The van der Waals surface area contributed by atoms with Crippen molar-refractivity contribution in [3.05, 3.63) is 76.4 Å². The van der Waals surface area contributed by atoms with Crippen molar-refractivity contribution in [1.29, 1.82) is 0 Å². The molecule has 2 heterocycles. The topological polar surface area (TPSA) is 118 Å². The molecule has 10 heteroatoms. The van der Waals surface area contributed by atoms with Crippen LogP contribution in [0.1, 0.15) is 25.8 Å². The highest BCUT2D eigenvalue weighted by Crippen LogP contribution is 2.12. The van der Waals surface area contributed by atoms with Crippen molar-refractivity contribution in [3.63, 3.8) is 0 Å². The van der Waals surface area contributed by atoms with E-state index in [4.69, 9.17) is 4.42 Å². The van der Waals surface area contributed by atoms with Gasteiger partial charge < -0.3 is 4.42 Å². The van der Waals surface area contributed by atoms with E-state index in [1.165, 1.54) is 41.9 Å². The van der Waals surface area contributed by atoms with Crippen molar-refractivity contribution in [2.45, 2.75) is 11.4 Å². The van der Waals surface area contributed by atoms with Gasteiger partial charge in [-0.1, -0.05) is 6.07 Å². The molecule has 0 saturated heterocycles. The molecule has 140 valence electrons. The summed E-state index contributed by atoms with van der Waals surface area (Å²) in [6.07, 6.45) is 1.45. The molecular weight excluding hydrogens is 390 g/mol. The van der Waals surface area contributed by atoms with Crippen molar-refractivity contribution in [2.24, 2.45) is 0 Å². The Kier molecular flexibility index (Phi) is 5.69. The van der Waals surface area contributed by atoms with Crippen LogP contribution in [0.3, 0.4) is 0 Å². The minimum absolute atomic E-state index is 0.00762. The monoisotopic (exact) mass is 405 g/mol. The van der Waals surface area contributed by atoms with Crippen LogP contribution in [-0.4, -0.2) is 20.2 Å². The fourth-order valence-electron chi connectivity index (χ4n) is 2.10. The maximum Gasteiger partial charge on any atom is 0.279 e. The van der Waals surface area contributed by atoms with Crippen LogP contribution in [0.5, 0.6) is 0 Å². The molecule has 27 heavy (non-hydrogen) atoms. The molecule has 8 nitrogen and oxygen atoms in total. The van der Waals surface area contributed by atoms with E-state index in [1.807, 2.05) is 0 Å². The molecule has 0 spiro atoms. The van der Waals surface area contributed by atoms with Crippen LogP contribution in [0.2, 0.25) is 0 Å². The molecule has 3 rings (SSSR count). The van der Waals surface area contributed by atoms with E-state index in [2.05, 4.69) is 15.6 Å². The number of hydrazine groups is 1. The van der Waals surface area contributed by atoms with Gasteiger partial charge in [0.15, 0.2) is 0 Å². The van der Waals surface area contributed by atoms with Gasteiger partial charge in [-0.3, -0.25) is 20.4 Å². The molecule has 0 radical (unpaired) electrons. The highest BCUT2D eigenvalue weighted by atomic mass is 32.2. The van der Waals surface area contributed by atoms with Crippen LogP contribution in [0.4, 0.5) is 0 Å². The van der Waals surface area contributed by atoms with Crippen LogP contribution in [0.15, 0.2) is 69.5 Å². The van der Waals surface area contributed by atoms with E-state index in [-0.39, 0.29) is 17.0 Å². The van der Waals surface area contributed by atoms with Gasteiger partial charge in [-0.2, -0.15) is 0 Å². The zero-order valence-corrected chi connectivity index (χ0v) is 15.5. The Morgan fingerprint density at radius 3 is 2.33 bits per heavy atom. The van der Waals surface area contributed by atoms with Gasteiger partial charge in [0.05, 0.1) is 22.6 Å². The smallest absolute Gasteiger partial charge is 0.279 e. The second kappa shape index (κ2) is 8.16. The van der Waals surface area contributed by atoms with Gasteiger partial charge in [0.25, 0.3) is 11.8 Å². The first-order valence-corrected chi connectivity index (χ1v) is 10.1. The number of sulfonamides is 1. The summed E-state index contributed by atoms with van der Waals surface area (Å²) in [5, 5.41) is 1.75. The second-order valence-corrected chi connectivity index (χ2v) is 8.03. The number of carbonyl (C=O) groups is 2. The maximum absolute atomic E-state index is 12.2. The molecule has 0 aliphatic carbocycles. The summed E-state index contributed by atoms with van der Waals surface area (Å²) in [6, 6.07) is 12.0. The molecule has 2 amide bonds. The standard InChI is InChI=1S/C17H15N3O5S2/c21-16(19-20-17(22)15-4-2-10-26-15)12-5-7-14(8-6-12)27(23,24)18-11-13-3-1-9-25-13/h1-10,18H,11H2,(H,19,21)(H,20,22). The molecule has 3 N–H and O–H groups in total. The Morgan fingerprint density at radius 2 is 1.70 bits per heavy atom. The Morgan fingerprint density at radius 1 is 0.963 bits per heavy atom. The lowest BCUT2D eigenvalue weighted by molar-refractivity contribution is 0.0849. The van der Waals surface area contributed by atoms with E-state index in [9.17, 15) is 18.0 Å². The van der Waals surface area contributed by atoms with Crippen molar-refractivity contribution in [2.75, 3.05) is 0 Å². The molecule has 0 saturated carbocycles. The first-order valence-electron chi connectivity index (χ1n) is 7.72. The van der Waals surface area contributed by atoms with Crippen molar-refractivity contribution >= 4 is 33.2 Å². The van der Waals surface area contributed by atoms with Crippen LogP contribution in [0, 0.1) is 0 Å². The molecule has 1 aromatic carbocycles. The highest BCUT2D eigenvalue weighted by Gasteiger charge is 2.16. The number of hydrogen-bond donors (Lipinski definition) is 3. The van der Waals surface area contributed by atoms with E-state index in [0.717, 1.165) is 0 Å². The number of furan rings is 1. The van der Waals surface area contributed by atoms with Crippen molar-refractivity contribution in [1.82, 2.24) is 15.6 Å². The summed E-state index contributed by atoms with van der Waals surface area (Å²) in [5.74, 6) is -0.511. The first kappa shape index (κ1) is 18.8. The summed E-state index contributed by atoms with van der Waals surface area (Å²) >= 11 is 1.24. The SMILES string of the molecule is O=C(NNC(=O)c1cccs1)c1ccc(S(=O)(=O)NCc2ccco2)cc1. The molecule has 2 aromatic heterocycles. The predicted molar refractivity (Wildman–Crippen MR) is 98.4 cm³/mol. The largest absolute Gasteiger partial charge is 0.468 e. The molecule has 3 aromatic rings. The van der Waals surface area contributed by atoms with Gasteiger partial charge in [0, 0.05) is 5.56 Å². The number of rotatable bonds is 6. The van der Waals surface area contributed by atoms with Gasteiger partial charge in [-0.15, -0.1) is 11.3 Å². The molecule has 0 unspecified atom stereocenters. The molecule has 0 fully saturated rings. The Labute approximate surface area is 159 Å². The highest BCUT2D eigenvalue weighted by molar-refractivity contribution is 7.89. The number of benzene rings is 1. The number of thiophene rings is 1.